The summed E-state index contributed by atoms with van der Waals surface area (Å²) >= 11 is 7.48. The van der Waals surface area contributed by atoms with Gasteiger partial charge >= 0.3 is 0 Å². The van der Waals surface area contributed by atoms with E-state index in [9.17, 15) is 9.90 Å². The molecule has 0 bridgehead atoms. The zero-order valence-corrected chi connectivity index (χ0v) is 13.7. The third-order valence-electron chi connectivity index (χ3n) is 4.07. The second kappa shape index (κ2) is 8.06. The maximum Gasteiger partial charge on any atom is 0.220 e. The monoisotopic (exact) mass is 327 g/mol. The van der Waals surface area contributed by atoms with Crippen LogP contribution in [0.25, 0.3) is 0 Å². The fourth-order valence-electron chi connectivity index (χ4n) is 2.68. The summed E-state index contributed by atoms with van der Waals surface area (Å²) in [5.74, 6) is 0.816. The second-order valence-corrected chi connectivity index (χ2v) is 7.30. The van der Waals surface area contributed by atoms with Gasteiger partial charge in [0.05, 0.1) is 6.61 Å². The van der Waals surface area contributed by atoms with Gasteiger partial charge in [0.15, 0.2) is 0 Å². The van der Waals surface area contributed by atoms with Crippen molar-refractivity contribution in [3.05, 3.63) is 29.3 Å². The molecule has 1 aliphatic carbocycles. The van der Waals surface area contributed by atoms with Crippen molar-refractivity contribution in [3.63, 3.8) is 0 Å². The second-order valence-electron chi connectivity index (χ2n) is 5.69. The normalized spacial score (nSPS) is 16.9. The average molecular weight is 328 g/mol. The minimum absolute atomic E-state index is 0.0659. The van der Waals surface area contributed by atoms with E-state index in [1.807, 2.05) is 24.3 Å². The van der Waals surface area contributed by atoms with Crippen molar-refractivity contribution in [3.8, 4) is 0 Å². The number of carbonyl (C=O) groups is 1. The fraction of sp³-hybridized carbons (Fsp3) is 0.562. The van der Waals surface area contributed by atoms with Gasteiger partial charge in [-0.3, -0.25) is 4.79 Å². The Morgan fingerprint density at radius 2 is 1.95 bits per heavy atom. The summed E-state index contributed by atoms with van der Waals surface area (Å²) in [7, 11) is 0. The zero-order valence-electron chi connectivity index (χ0n) is 12.1. The van der Waals surface area contributed by atoms with Crippen LogP contribution in [0.1, 0.15) is 32.1 Å². The maximum atomic E-state index is 11.9. The predicted octanol–water partition coefficient (Wildman–Crippen LogP) is 3.49. The third-order valence-corrected chi connectivity index (χ3v) is 5.34. The molecule has 1 amide bonds. The fourth-order valence-corrected chi connectivity index (χ4v) is 3.66. The van der Waals surface area contributed by atoms with E-state index in [1.165, 1.54) is 0 Å². The number of amides is 1. The number of halogens is 1. The van der Waals surface area contributed by atoms with E-state index >= 15 is 0 Å². The Balaban J connectivity index is 1.66. The highest BCUT2D eigenvalue weighted by atomic mass is 35.5. The van der Waals surface area contributed by atoms with Crippen LogP contribution < -0.4 is 5.32 Å². The molecule has 1 saturated carbocycles. The number of nitrogens with one attached hydrogen (secondary N) is 1. The largest absolute Gasteiger partial charge is 0.396 e. The Hall–Kier alpha value is -0.710. The van der Waals surface area contributed by atoms with Crippen LogP contribution in [0.15, 0.2) is 29.2 Å². The predicted molar refractivity (Wildman–Crippen MR) is 87.8 cm³/mol. The quantitative estimate of drug-likeness (QED) is 0.754. The first kappa shape index (κ1) is 16.7. The number of benzene rings is 1. The summed E-state index contributed by atoms with van der Waals surface area (Å²) in [6.45, 7) is 0.779. The van der Waals surface area contributed by atoms with Crippen LogP contribution in [-0.4, -0.2) is 29.9 Å². The van der Waals surface area contributed by atoms with Gasteiger partial charge in [0.1, 0.15) is 0 Å². The third kappa shape index (κ3) is 5.20. The van der Waals surface area contributed by atoms with Crippen molar-refractivity contribution in [2.45, 2.75) is 37.0 Å². The molecule has 1 aromatic rings. The summed E-state index contributed by atoms with van der Waals surface area (Å²) < 4.78 is 0. The summed E-state index contributed by atoms with van der Waals surface area (Å²) in [5, 5.41) is 13.2. The highest BCUT2D eigenvalue weighted by molar-refractivity contribution is 7.99. The molecule has 0 aliphatic heterocycles. The molecule has 0 radical (unpaired) electrons. The molecule has 0 aromatic heterocycles. The van der Waals surface area contributed by atoms with E-state index in [4.69, 9.17) is 11.6 Å². The number of aliphatic hydroxyl groups excluding tert-OH is 1. The number of carbonyl (C=O) groups excluding carboxylic acids is 1. The number of hydrogen-bond donors (Lipinski definition) is 2. The number of thioether (sulfide) groups is 1. The van der Waals surface area contributed by atoms with Gasteiger partial charge in [-0.05, 0) is 37.1 Å². The molecule has 21 heavy (non-hydrogen) atoms. The molecule has 0 spiro atoms. The molecule has 0 heterocycles. The minimum Gasteiger partial charge on any atom is -0.396 e. The van der Waals surface area contributed by atoms with Crippen LogP contribution in [0.3, 0.4) is 0 Å². The van der Waals surface area contributed by atoms with E-state index in [-0.39, 0.29) is 17.9 Å². The van der Waals surface area contributed by atoms with E-state index in [2.05, 4.69) is 5.32 Å². The molecule has 0 saturated heterocycles. The van der Waals surface area contributed by atoms with E-state index < -0.39 is 0 Å². The van der Waals surface area contributed by atoms with Gasteiger partial charge in [-0.15, -0.1) is 11.8 Å². The van der Waals surface area contributed by atoms with E-state index in [1.54, 1.807) is 11.8 Å². The van der Waals surface area contributed by atoms with Crippen molar-refractivity contribution < 1.29 is 9.90 Å². The molecule has 1 aliphatic rings. The van der Waals surface area contributed by atoms with Gasteiger partial charge in [0, 0.05) is 34.1 Å². The summed E-state index contributed by atoms with van der Waals surface area (Å²) in [6.07, 6.45) is 4.84. The lowest BCUT2D eigenvalue weighted by Gasteiger charge is -2.26. The molecule has 0 unspecified atom stereocenters. The Morgan fingerprint density at radius 1 is 1.29 bits per heavy atom. The Kier molecular flexibility index (Phi) is 6.40. The molecule has 116 valence electrons. The molecule has 1 aromatic carbocycles. The first-order valence-electron chi connectivity index (χ1n) is 7.39. The van der Waals surface area contributed by atoms with Gasteiger partial charge in [-0.1, -0.05) is 24.4 Å². The first-order chi connectivity index (χ1) is 10.1. The van der Waals surface area contributed by atoms with Crippen molar-refractivity contribution in [1.29, 1.82) is 0 Å². The minimum atomic E-state index is -0.0705. The smallest absolute Gasteiger partial charge is 0.220 e. The molecule has 3 nitrogen and oxygen atoms in total. The topological polar surface area (TPSA) is 49.3 Å². The molecule has 5 heteroatoms. The van der Waals surface area contributed by atoms with Gasteiger partial charge in [-0.25, -0.2) is 0 Å². The van der Waals surface area contributed by atoms with Gasteiger partial charge in [0.25, 0.3) is 0 Å². The van der Waals surface area contributed by atoms with Crippen LogP contribution in [0, 0.1) is 5.41 Å². The Labute approximate surface area is 135 Å². The molecule has 2 N–H and O–H groups in total. The molecular weight excluding hydrogens is 306 g/mol. The van der Waals surface area contributed by atoms with Crippen molar-refractivity contribution >= 4 is 29.3 Å². The van der Waals surface area contributed by atoms with Crippen molar-refractivity contribution in [2.24, 2.45) is 5.41 Å². The van der Waals surface area contributed by atoms with Crippen LogP contribution >= 0.6 is 23.4 Å². The summed E-state index contributed by atoms with van der Waals surface area (Å²) in [5.41, 5.74) is -0.0705. The van der Waals surface area contributed by atoms with E-state index in [0.717, 1.165) is 41.4 Å². The number of aliphatic hydroxyl groups is 1. The Morgan fingerprint density at radius 3 is 2.57 bits per heavy atom. The van der Waals surface area contributed by atoms with Crippen molar-refractivity contribution in [1.82, 2.24) is 5.32 Å². The molecule has 0 atom stereocenters. The number of rotatable bonds is 7. The van der Waals surface area contributed by atoms with Gasteiger partial charge < -0.3 is 10.4 Å². The maximum absolute atomic E-state index is 11.9. The molecule has 2 rings (SSSR count). The van der Waals surface area contributed by atoms with Crippen LogP contribution in [0.5, 0.6) is 0 Å². The number of hydrogen-bond acceptors (Lipinski definition) is 3. The first-order valence-corrected chi connectivity index (χ1v) is 8.76. The summed E-state index contributed by atoms with van der Waals surface area (Å²) in [4.78, 5) is 13.0. The highest BCUT2D eigenvalue weighted by Gasteiger charge is 2.33. The van der Waals surface area contributed by atoms with Gasteiger partial charge in [0.2, 0.25) is 5.91 Å². The SMILES string of the molecule is O=C(CCSc1ccc(Cl)cc1)NCC1(CO)CCCC1. The summed E-state index contributed by atoms with van der Waals surface area (Å²) in [6, 6.07) is 7.64. The van der Waals surface area contributed by atoms with Crippen molar-refractivity contribution in [2.75, 3.05) is 18.9 Å². The molecular formula is C16H22ClNO2S. The Bertz CT molecular complexity index is 458. The average Bonchev–Trinajstić information content (AvgIpc) is 2.97. The van der Waals surface area contributed by atoms with Crippen LogP contribution in [-0.2, 0) is 4.79 Å². The van der Waals surface area contributed by atoms with Crippen LogP contribution in [0.4, 0.5) is 0 Å². The lowest BCUT2D eigenvalue weighted by molar-refractivity contribution is -0.121. The lowest BCUT2D eigenvalue weighted by atomic mass is 9.87. The highest BCUT2D eigenvalue weighted by Crippen LogP contribution is 2.36. The molecule has 1 fully saturated rings. The van der Waals surface area contributed by atoms with Gasteiger partial charge in [-0.2, -0.15) is 0 Å². The van der Waals surface area contributed by atoms with Crippen LogP contribution in [0.2, 0.25) is 5.02 Å². The standard InChI is InChI=1S/C16H22ClNO2S/c17-13-3-5-14(6-4-13)21-10-7-15(20)18-11-16(12-19)8-1-2-9-16/h3-6,19H,1-2,7-12H2,(H,18,20). The lowest BCUT2D eigenvalue weighted by Crippen LogP contribution is -2.38. The zero-order chi connectivity index (χ0) is 15.1. The van der Waals surface area contributed by atoms with E-state index in [0.29, 0.717) is 13.0 Å².